The summed E-state index contributed by atoms with van der Waals surface area (Å²) in [5.41, 5.74) is 2.04. The van der Waals surface area contributed by atoms with Crippen LogP contribution >= 0.6 is 11.6 Å². The van der Waals surface area contributed by atoms with Crippen molar-refractivity contribution >= 4 is 11.6 Å². The Morgan fingerprint density at radius 3 is 2.12 bits per heavy atom. The van der Waals surface area contributed by atoms with Gasteiger partial charge in [0.25, 0.3) is 0 Å². The van der Waals surface area contributed by atoms with Crippen LogP contribution in [-0.4, -0.2) is 5.11 Å². The summed E-state index contributed by atoms with van der Waals surface area (Å²) in [5.74, 6) is 1.06. The Hall–Kier alpha value is -1.67. The number of phenolic OH excluding ortho intramolecular Hbond substituents is 1. The van der Waals surface area contributed by atoms with Crippen LogP contribution in [0.15, 0.2) is 36.4 Å². The van der Waals surface area contributed by atoms with Crippen molar-refractivity contribution in [3.63, 3.8) is 0 Å². The van der Waals surface area contributed by atoms with Crippen molar-refractivity contribution < 1.29 is 9.84 Å². The van der Waals surface area contributed by atoms with Crippen molar-refractivity contribution in [3.8, 4) is 17.2 Å². The van der Waals surface area contributed by atoms with Crippen molar-refractivity contribution in [2.75, 3.05) is 0 Å². The lowest BCUT2D eigenvalue weighted by molar-refractivity contribution is 0.411. The molecular weight excluding hydrogens is 236 g/mol. The van der Waals surface area contributed by atoms with E-state index in [1.807, 2.05) is 32.0 Å². The zero-order valence-electron chi connectivity index (χ0n) is 9.70. The summed E-state index contributed by atoms with van der Waals surface area (Å²) >= 11 is 6.06. The summed E-state index contributed by atoms with van der Waals surface area (Å²) in [6, 6.07) is 10.8. The van der Waals surface area contributed by atoms with Gasteiger partial charge >= 0.3 is 0 Å². The van der Waals surface area contributed by atoms with E-state index in [-0.39, 0.29) is 5.75 Å². The fourth-order valence-electron chi connectivity index (χ4n) is 1.52. The first-order valence-electron chi connectivity index (χ1n) is 5.30. The van der Waals surface area contributed by atoms with Crippen molar-refractivity contribution in [2.45, 2.75) is 13.8 Å². The number of aromatic hydroxyl groups is 1. The van der Waals surface area contributed by atoms with Crippen molar-refractivity contribution in [2.24, 2.45) is 0 Å². The molecule has 0 amide bonds. The molecule has 0 saturated carbocycles. The molecule has 0 unspecified atom stereocenters. The van der Waals surface area contributed by atoms with Gasteiger partial charge in [0.05, 0.1) is 5.02 Å². The highest BCUT2D eigenvalue weighted by atomic mass is 35.5. The number of phenols is 1. The van der Waals surface area contributed by atoms with Crippen LogP contribution in [0.1, 0.15) is 11.1 Å². The van der Waals surface area contributed by atoms with Gasteiger partial charge in [-0.2, -0.15) is 0 Å². The third kappa shape index (κ3) is 2.71. The van der Waals surface area contributed by atoms with Gasteiger partial charge in [-0.15, -0.1) is 0 Å². The molecule has 2 rings (SSSR count). The summed E-state index contributed by atoms with van der Waals surface area (Å²) < 4.78 is 5.57. The smallest absolute Gasteiger partial charge is 0.169 e. The van der Waals surface area contributed by atoms with E-state index >= 15 is 0 Å². The Kier molecular flexibility index (Phi) is 3.25. The quantitative estimate of drug-likeness (QED) is 0.851. The van der Waals surface area contributed by atoms with E-state index in [0.29, 0.717) is 16.5 Å². The molecule has 0 aliphatic heterocycles. The highest BCUT2D eigenvalue weighted by molar-refractivity contribution is 6.32. The van der Waals surface area contributed by atoms with Crippen LogP contribution < -0.4 is 4.74 Å². The van der Waals surface area contributed by atoms with Gasteiger partial charge in [-0.3, -0.25) is 0 Å². The van der Waals surface area contributed by atoms with E-state index in [9.17, 15) is 5.11 Å². The molecule has 0 atom stereocenters. The molecule has 0 radical (unpaired) electrons. The number of hydrogen-bond acceptors (Lipinski definition) is 2. The minimum atomic E-state index is 0.113. The van der Waals surface area contributed by atoms with Gasteiger partial charge in [-0.25, -0.2) is 0 Å². The SMILES string of the molecule is Cc1ccc(Oc2ccc(C)cc2Cl)c(O)c1. The predicted octanol–water partition coefficient (Wildman–Crippen LogP) is 4.45. The average Bonchev–Trinajstić information content (AvgIpc) is 2.25. The first-order chi connectivity index (χ1) is 8.06. The van der Waals surface area contributed by atoms with Gasteiger partial charge < -0.3 is 9.84 Å². The Morgan fingerprint density at radius 1 is 0.941 bits per heavy atom. The molecule has 0 bridgehead atoms. The molecule has 0 aliphatic rings. The van der Waals surface area contributed by atoms with E-state index in [4.69, 9.17) is 16.3 Å². The summed E-state index contributed by atoms with van der Waals surface area (Å²) in [7, 11) is 0. The molecule has 3 heteroatoms. The maximum atomic E-state index is 9.73. The molecular formula is C14H13ClO2. The second-order valence-electron chi connectivity index (χ2n) is 4.01. The van der Waals surface area contributed by atoms with E-state index in [0.717, 1.165) is 11.1 Å². The number of halogens is 1. The van der Waals surface area contributed by atoms with Crippen LogP contribution in [0, 0.1) is 13.8 Å². The number of ether oxygens (including phenoxy) is 1. The van der Waals surface area contributed by atoms with Crippen LogP contribution in [-0.2, 0) is 0 Å². The Morgan fingerprint density at radius 2 is 1.53 bits per heavy atom. The van der Waals surface area contributed by atoms with Gasteiger partial charge in [-0.05, 0) is 49.2 Å². The summed E-state index contributed by atoms with van der Waals surface area (Å²) in [6.07, 6.45) is 0. The normalized spacial score (nSPS) is 10.3. The molecule has 2 aromatic rings. The Labute approximate surface area is 105 Å². The van der Waals surface area contributed by atoms with Crippen LogP contribution in [0.5, 0.6) is 17.2 Å². The molecule has 0 heterocycles. The van der Waals surface area contributed by atoms with Crippen LogP contribution in [0.4, 0.5) is 0 Å². The van der Waals surface area contributed by atoms with Gasteiger partial charge in [0.15, 0.2) is 11.5 Å². The van der Waals surface area contributed by atoms with E-state index in [1.54, 1.807) is 18.2 Å². The molecule has 0 spiro atoms. The zero-order chi connectivity index (χ0) is 12.4. The van der Waals surface area contributed by atoms with E-state index < -0.39 is 0 Å². The van der Waals surface area contributed by atoms with Crippen molar-refractivity contribution in [3.05, 3.63) is 52.5 Å². The second kappa shape index (κ2) is 4.68. The first kappa shape index (κ1) is 11.8. The summed E-state index contributed by atoms with van der Waals surface area (Å²) in [6.45, 7) is 3.86. The molecule has 1 N–H and O–H groups in total. The molecule has 17 heavy (non-hydrogen) atoms. The third-order valence-corrected chi connectivity index (χ3v) is 2.72. The lowest BCUT2D eigenvalue weighted by Crippen LogP contribution is -1.87. The van der Waals surface area contributed by atoms with Crippen LogP contribution in [0.3, 0.4) is 0 Å². The lowest BCUT2D eigenvalue weighted by Gasteiger charge is -2.10. The maximum Gasteiger partial charge on any atom is 0.169 e. The molecule has 2 nitrogen and oxygen atoms in total. The highest BCUT2D eigenvalue weighted by Gasteiger charge is 2.07. The summed E-state index contributed by atoms with van der Waals surface area (Å²) in [5, 5.41) is 10.3. The predicted molar refractivity (Wildman–Crippen MR) is 69.1 cm³/mol. The molecule has 0 aliphatic carbocycles. The van der Waals surface area contributed by atoms with Gasteiger partial charge in [0.1, 0.15) is 5.75 Å². The minimum absolute atomic E-state index is 0.113. The second-order valence-corrected chi connectivity index (χ2v) is 4.41. The van der Waals surface area contributed by atoms with E-state index in [1.165, 1.54) is 0 Å². The van der Waals surface area contributed by atoms with Gasteiger partial charge in [0, 0.05) is 0 Å². The van der Waals surface area contributed by atoms with Crippen LogP contribution in [0.25, 0.3) is 0 Å². The van der Waals surface area contributed by atoms with E-state index in [2.05, 4.69) is 0 Å². The standard InChI is InChI=1S/C14H13ClO2/c1-9-3-5-13(11(15)7-9)17-14-6-4-10(2)8-12(14)16/h3-8,16H,1-2H3. The Balaban J connectivity index is 2.31. The van der Waals surface area contributed by atoms with Crippen molar-refractivity contribution in [1.82, 2.24) is 0 Å². The summed E-state index contributed by atoms with van der Waals surface area (Å²) in [4.78, 5) is 0. The number of hydrogen-bond donors (Lipinski definition) is 1. The zero-order valence-corrected chi connectivity index (χ0v) is 10.5. The fourth-order valence-corrected chi connectivity index (χ4v) is 1.79. The third-order valence-electron chi connectivity index (χ3n) is 2.42. The topological polar surface area (TPSA) is 29.5 Å². The maximum absolute atomic E-state index is 9.73. The molecule has 0 saturated heterocycles. The average molecular weight is 249 g/mol. The van der Waals surface area contributed by atoms with Gasteiger partial charge in [-0.1, -0.05) is 23.7 Å². The monoisotopic (exact) mass is 248 g/mol. The number of benzene rings is 2. The molecule has 0 fully saturated rings. The molecule has 2 aromatic carbocycles. The minimum Gasteiger partial charge on any atom is -0.504 e. The fraction of sp³-hybridized carbons (Fsp3) is 0.143. The van der Waals surface area contributed by atoms with Crippen molar-refractivity contribution in [1.29, 1.82) is 0 Å². The van der Waals surface area contributed by atoms with Gasteiger partial charge in [0.2, 0.25) is 0 Å². The Bertz CT molecular complexity index is 500. The van der Waals surface area contributed by atoms with Crippen LogP contribution in [0.2, 0.25) is 5.02 Å². The number of aryl methyl sites for hydroxylation is 2. The first-order valence-corrected chi connectivity index (χ1v) is 5.67. The largest absolute Gasteiger partial charge is 0.504 e. The molecule has 88 valence electrons. The number of rotatable bonds is 2. The molecule has 0 aromatic heterocycles. The highest BCUT2D eigenvalue weighted by Crippen LogP contribution is 2.35. The lowest BCUT2D eigenvalue weighted by atomic mass is 10.2.